The largest absolute Gasteiger partial charge is 0.456 e. The minimum Gasteiger partial charge on any atom is -0.456 e. The first-order chi connectivity index (χ1) is 15.2. The SMILES string of the molecule is CC(=O)OCC(=O)N1CCC(COSC(C)(C)C)CC1.c1ccc(-c2ccccc2)cc1. The van der Waals surface area contributed by atoms with Gasteiger partial charge >= 0.3 is 5.97 Å². The third-order valence-electron chi connectivity index (χ3n) is 4.86. The van der Waals surface area contributed by atoms with Gasteiger partial charge in [-0.3, -0.25) is 9.59 Å². The summed E-state index contributed by atoms with van der Waals surface area (Å²) in [4.78, 5) is 24.2. The molecule has 6 heteroatoms. The summed E-state index contributed by atoms with van der Waals surface area (Å²) in [5.74, 6) is -0.0212. The third kappa shape index (κ3) is 10.3. The van der Waals surface area contributed by atoms with Crippen molar-refractivity contribution in [2.45, 2.75) is 45.3 Å². The number of hydrogen-bond donors (Lipinski definition) is 0. The lowest BCUT2D eigenvalue weighted by Gasteiger charge is -2.32. The highest BCUT2D eigenvalue weighted by atomic mass is 32.2. The van der Waals surface area contributed by atoms with E-state index in [1.54, 1.807) is 4.90 Å². The molecule has 0 atom stereocenters. The van der Waals surface area contributed by atoms with Gasteiger partial charge in [-0.2, -0.15) is 0 Å². The van der Waals surface area contributed by atoms with Gasteiger partial charge in [0.2, 0.25) is 0 Å². The van der Waals surface area contributed by atoms with Gasteiger partial charge in [0.15, 0.2) is 6.61 Å². The monoisotopic (exact) mass is 457 g/mol. The van der Waals surface area contributed by atoms with Crippen LogP contribution in [0, 0.1) is 5.92 Å². The molecule has 2 aromatic rings. The summed E-state index contributed by atoms with van der Waals surface area (Å²) in [6, 6.07) is 20.8. The standard InChI is InChI=1S/C14H25NO4S.C12H10/c1-11(16)18-10-13(17)15-7-5-12(6-8-15)9-19-20-14(2,3)4;1-3-7-11(8-4-1)12-9-5-2-6-10-12/h12H,5-10H2,1-4H3;1-10H. The van der Waals surface area contributed by atoms with Crippen LogP contribution in [0.4, 0.5) is 0 Å². The molecule has 1 aliphatic heterocycles. The van der Waals surface area contributed by atoms with Crippen molar-refractivity contribution in [2.75, 3.05) is 26.3 Å². The Balaban J connectivity index is 0.000000255. The molecule has 0 aromatic heterocycles. The number of carbonyl (C=O) groups is 2. The summed E-state index contributed by atoms with van der Waals surface area (Å²) in [5, 5.41) is 0. The predicted molar refractivity (Wildman–Crippen MR) is 131 cm³/mol. The summed E-state index contributed by atoms with van der Waals surface area (Å²) in [6.45, 7) is 9.69. The van der Waals surface area contributed by atoms with Crippen LogP contribution in [0.1, 0.15) is 40.5 Å². The molecule has 0 saturated carbocycles. The molecule has 2 aromatic carbocycles. The van der Waals surface area contributed by atoms with E-state index in [1.165, 1.54) is 30.1 Å². The number of benzene rings is 2. The fourth-order valence-corrected chi connectivity index (χ4v) is 3.79. The van der Waals surface area contributed by atoms with Crippen LogP contribution in [0.2, 0.25) is 0 Å². The van der Waals surface area contributed by atoms with E-state index in [0.29, 0.717) is 19.0 Å². The van der Waals surface area contributed by atoms with Gasteiger partial charge in [0.05, 0.1) is 6.61 Å². The van der Waals surface area contributed by atoms with Crippen LogP contribution >= 0.6 is 12.0 Å². The summed E-state index contributed by atoms with van der Waals surface area (Å²) in [5.41, 5.74) is 2.55. The molecule has 3 rings (SSSR count). The Morgan fingerprint density at radius 1 is 0.938 bits per heavy atom. The Bertz CT molecular complexity index is 775. The molecule has 1 fully saturated rings. The molecule has 0 N–H and O–H groups in total. The van der Waals surface area contributed by atoms with Crippen LogP contribution in [0.15, 0.2) is 60.7 Å². The smallest absolute Gasteiger partial charge is 0.303 e. The summed E-state index contributed by atoms with van der Waals surface area (Å²) >= 11 is 1.51. The second-order valence-corrected chi connectivity index (χ2v) is 10.4. The average molecular weight is 458 g/mol. The lowest BCUT2D eigenvalue weighted by Crippen LogP contribution is -2.41. The zero-order valence-corrected chi connectivity index (χ0v) is 20.4. The second-order valence-electron chi connectivity index (χ2n) is 8.82. The van der Waals surface area contributed by atoms with E-state index in [-0.39, 0.29) is 17.3 Å². The molecule has 0 unspecified atom stereocenters. The fourth-order valence-electron chi connectivity index (χ4n) is 3.17. The highest BCUT2D eigenvalue weighted by Crippen LogP contribution is 2.27. The fraction of sp³-hybridized carbons (Fsp3) is 0.462. The molecule has 0 radical (unpaired) electrons. The number of ether oxygens (including phenoxy) is 1. The average Bonchev–Trinajstić information content (AvgIpc) is 2.79. The molecule has 32 heavy (non-hydrogen) atoms. The van der Waals surface area contributed by atoms with E-state index in [1.807, 2.05) is 12.1 Å². The van der Waals surface area contributed by atoms with Crippen LogP contribution < -0.4 is 0 Å². The molecule has 174 valence electrons. The number of rotatable bonds is 6. The van der Waals surface area contributed by atoms with Crippen molar-refractivity contribution in [3.63, 3.8) is 0 Å². The lowest BCUT2D eigenvalue weighted by molar-refractivity contribution is -0.150. The van der Waals surface area contributed by atoms with Crippen molar-refractivity contribution in [1.82, 2.24) is 4.90 Å². The lowest BCUT2D eigenvalue weighted by atomic mass is 9.98. The van der Waals surface area contributed by atoms with Gasteiger partial charge in [0.1, 0.15) is 0 Å². The van der Waals surface area contributed by atoms with Gasteiger partial charge in [-0.05, 0) is 62.7 Å². The maximum atomic E-state index is 11.8. The Morgan fingerprint density at radius 2 is 1.44 bits per heavy atom. The van der Waals surface area contributed by atoms with Crippen LogP contribution in [-0.2, 0) is 18.5 Å². The molecule has 1 aliphatic rings. The Kier molecular flexibility index (Phi) is 10.8. The molecule has 0 spiro atoms. The van der Waals surface area contributed by atoms with Crippen LogP contribution in [-0.4, -0.2) is 47.8 Å². The van der Waals surface area contributed by atoms with Gasteiger partial charge in [-0.15, -0.1) is 0 Å². The highest BCUT2D eigenvalue weighted by molar-refractivity contribution is 7.96. The van der Waals surface area contributed by atoms with Crippen molar-refractivity contribution in [1.29, 1.82) is 0 Å². The number of nitrogens with zero attached hydrogens (tertiary/aromatic N) is 1. The van der Waals surface area contributed by atoms with Gasteiger partial charge in [0.25, 0.3) is 5.91 Å². The van der Waals surface area contributed by atoms with Crippen molar-refractivity contribution in [3.8, 4) is 11.1 Å². The zero-order valence-electron chi connectivity index (χ0n) is 19.6. The van der Waals surface area contributed by atoms with E-state index in [2.05, 4.69) is 69.3 Å². The van der Waals surface area contributed by atoms with Crippen LogP contribution in [0.3, 0.4) is 0 Å². The molecule has 0 aliphatic carbocycles. The number of amides is 1. The Morgan fingerprint density at radius 3 is 1.88 bits per heavy atom. The van der Waals surface area contributed by atoms with E-state index in [4.69, 9.17) is 8.92 Å². The van der Waals surface area contributed by atoms with Crippen molar-refractivity contribution in [2.24, 2.45) is 5.92 Å². The number of likely N-dealkylation sites (tertiary alicyclic amines) is 1. The molecule has 1 saturated heterocycles. The molecule has 1 amide bonds. The van der Waals surface area contributed by atoms with Gasteiger partial charge in [-0.1, -0.05) is 60.7 Å². The van der Waals surface area contributed by atoms with E-state index in [9.17, 15) is 9.59 Å². The predicted octanol–water partition coefficient (Wildman–Crippen LogP) is 5.61. The van der Waals surface area contributed by atoms with Gasteiger partial charge < -0.3 is 13.8 Å². The maximum Gasteiger partial charge on any atom is 0.303 e. The van der Waals surface area contributed by atoms with Crippen molar-refractivity contribution >= 4 is 23.9 Å². The van der Waals surface area contributed by atoms with Gasteiger partial charge in [0, 0.05) is 24.8 Å². The van der Waals surface area contributed by atoms with E-state index in [0.717, 1.165) is 19.4 Å². The third-order valence-corrected chi connectivity index (χ3v) is 5.61. The minimum atomic E-state index is -0.416. The first-order valence-corrected chi connectivity index (χ1v) is 11.8. The number of esters is 1. The summed E-state index contributed by atoms with van der Waals surface area (Å²) in [6.07, 6.45) is 1.88. The topological polar surface area (TPSA) is 55.8 Å². The molecular formula is C26H35NO4S. The van der Waals surface area contributed by atoms with Crippen LogP contribution in [0.5, 0.6) is 0 Å². The van der Waals surface area contributed by atoms with Gasteiger partial charge in [-0.25, -0.2) is 0 Å². The molecule has 0 bridgehead atoms. The summed E-state index contributed by atoms with van der Waals surface area (Å²) in [7, 11) is 0. The number of piperidine rings is 1. The highest BCUT2D eigenvalue weighted by Gasteiger charge is 2.24. The van der Waals surface area contributed by atoms with Crippen LogP contribution in [0.25, 0.3) is 11.1 Å². The molecule has 1 heterocycles. The number of hydrogen-bond acceptors (Lipinski definition) is 5. The van der Waals surface area contributed by atoms with Crippen molar-refractivity contribution in [3.05, 3.63) is 60.7 Å². The first kappa shape index (κ1) is 25.9. The van der Waals surface area contributed by atoms with E-state index < -0.39 is 5.97 Å². The number of carbonyl (C=O) groups excluding carboxylic acids is 2. The first-order valence-electron chi connectivity index (χ1n) is 11.1. The zero-order chi connectivity index (χ0) is 23.4. The molecular weight excluding hydrogens is 422 g/mol. The maximum absolute atomic E-state index is 11.8. The second kappa shape index (κ2) is 13.3. The minimum absolute atomic E-state index is 0.108. The summed E-state index contributed by atoms with van der Waals surface area (Å²) < 4.78 is 10.5. The Labute approximate surface area is 196 Å². The normalized spacial score (nSPS) is 14.3. The molecule has 5 nitrogen and oxygen atoms in total. The van der Waals surface area contributed by atoms with Crippen molar-refractivity contribution < 1.29 is 18.5 Å². The van der Waals surface area contributed by atoms with E-state index >= 15 is 0 Å². The quantitative estimate of drug-likeness (QED) is 0.417. The Hall–Kier alpha value is -2.31.